The molecule has 2 aliphatic rings. The second kappa shape index (κ2) is 12.3. The molecule has 0 spiro atoms. The summed E-state index contributed by atoms with van der Waals surface area (Å²) >= 11 is 19.5. The fourth-order valence-electron chi connectivity index (χ4n) is 6.67. The lowest BCUT2D eigenvalue weighted by Crippen LogP contribution is -2.60. The van der Waals surface area contributed by atoms with Crippen LogP contribution in [-0.2, 0) is 4.79 Å². The Labute approximate surface area is 284 Å². The first kappa shape index (κ1) is 33.0. The first-order valence-corrected chi connectivity index (χ1v) is 16.2. The highest BCUT2D eigenvalue weighted by Crippen LogP contribution is 2.50. The number of anilines is 3. The number of carbonyl (C=O) groups is 1. The van der Waals surface area contributed by atoms with Gasteiger partial charge in [0.05, 0.1) is 43.2 Å². The number of aromatic nitrogens is 3. The minimum Gasteiger partial charge on any atom is -0.397 e. The number of halogens is 5. The number of rotatable bonds is 4. The Morgan fingerprint density at radius 3 is 2.57 bits per heavy atom. The molecule has 6 rings (SSSR count). The van der Waals surface area contributed by atoms with Gasteiger partial charge in [0.1, 0.15) is 11.3 Å². The summed E-state index contributed by atoms with van der Waals surface area (Å²) in [5.74, 6) is -2.24. The number of pyridine rings is 1. The van der Waals surface area contributed by atoms with Crippen molar-refractivity contribution < 1.29 is 13.6 Å². The number of aryl methyl sites for hydroxylation is 1. The Hall–Kier alpha value is -3.93. The summed E-state index contributed by atoms with van der Waals surface area (Å²) in [6, 6.07) is 2.27. The molecule has 4 heterocycles. The van der Waals surface area contributed by atoms with Gasteiger partial charge >= 0.3 is 5.69 Å². The molecular weight excluding hydrogens is 671 g/mol. The van der Waals surface area contributed by atoms with Crippen molar-refractivity contribution in [2.24, 2.45) is 0 Å². The zero-order valence-electron chi connectivity index (χ0n) is 26.1. The number of nitrogen functional groups attached to an aromatic ring is 1. The zero-order chi connectivity index (χ0) is 34.1. The first-order chi connectivity index (χ1) is 22.3. The van der Waals surface area contributed by atoms with E-state index >= 15 is 8.78 Å². The summed E-state index contributed by atoms with van der Waals surface area (Å²) in [7, 11) is 0. The number of fused-ring (bicyclic) bond motifs is 2. The lowest BCUT2D eigenvalue weighted by molar-refractivity contribution is -0.128. The quantitative estimate of drug-likeness (QED) is 0.133. The van der Waals surface area contributed by atoms with E-state index in [9.17, 15) is 9.59 Å². The van der Waals surface area contributed by atoms with Gasteiger partial charge in [-0.3, -0.25) is 14.3 Å². The lowest BCUT2D eigenvalue weighted by Gasteiger charge is -2.47. The molecule has 0 saturated carbocycles. The van der Waals surface area contributed by atoms with Gasteiger partial charge in [0.25, 0.3) is 0 Å². The number of hydrogen-bond acceptors (Lipinski definition) is 7. The van der Waals surface area contributed by atoms with E-state index in [-0.39, 0.29) is 67.1 Å². The maximum Gasteiger partial charge on any atom is 0.354 e. The molecule has 0 bridgehead atoms. The molecule has 0 radical (unpaired) electrons. The van der Waals surface area contributed by atoms with Gasteiger partial charge in [0.15, 0.2) is 11.6 Å². The van der Waals surface area contributed by atoms with Crippen molar-refractivity contribution in [3.05, 3.63) is 79.4 Å². The molecule has 2 atom stereocenters. The standard InChI is InChI=1S/C33H32Cl3F2N7O2/c1-6-20(46)43-13-17-8-10-41-29-23-31(26(38)21(24(29)36)22-25(37)18(34)11-19(35)27(22)39)45(30-15(4)7-9-40-28(30)14(2)3)33(47)42-32(23)44(17)12-16(43)5/h6-7,9,11,14,16-17,41H,1,8,10,12-13,39H2,2-5H3. The number of piperazine rings is 1. The molecule has 1 amide bonds. The van der Waals surface area contributed by atoms with Crippen molar-refractivity contribution in [2.75, 3.05) is 35.6 Å². The number of nitrogens with zero attached hydrogens (tertiary/aromatic N) is 5. The number of nitrogens with one attached hydrogen (secondary N) is 1. The molecule has 2 aliphatic heterocycles. The summed E-state index contributed by atoms with van der Waals surface area (Å²) in [5, 5.41) is 2.85. The molecule has 1 saturated heterocycles. The smallest absolute Gasteiger partial charge is 0.354 e. The van der Waals surface area contributed by atoms with Gasteiger partial charge in [-0.25, -0.2) is 13.6 Å². The topological polar surface area (TPSA) is 109 Å². The van der Waals surface area contributed by atoms with Crippen LogP contribution in [0.4, 0.5) is 26.0 Å². The van der Waals surface area contributed by atoms with E-state index in [4.69, 9.17) is 40.5 Å². The van der Waals surface area contributed by atoms with Crippen LogP contribution in [0.3, 0.4) is 0 Å². The molecule has 9 nitrogen and oxygen atoms in total. The number of benzene rings is 2. The van der Waals surface area contributed by atoms with E-state index < -0.39 is 28.5 Å². The van der Waals surface area contributed by atoms with E-state index in [2.05, 4.69) is 21.9 Å². The maximum atomic E-state index is 17.6. The largest absolute Gasteiger partial charge is 0.397 e. The van der Waals surface area contributed by atoms with Crippen LogP contribution in [0.15, 0.2) is 35.8 Å². The van der Waals surface area contributed by atoms with Crippen LogP contribution >= 0.6 is 34.8 Å². The van der Waals surface area contributed by atoms with Crippen LogP contribution in [-0.4, -0.2) is 57.1 Å². The first-order valence-electron chi connectivity index (χ1n) is 15.1. The van der Waals surface area contributed by atoms with E-state index in [1.54, 1.807) is 24.1 Å². The molecular formula is C33H32Cl3F2N7O2. The molecule has 3 N–H and O–H groups in total. The van der Waals surface area contributed by atoms with Gasteiger partial charge in [-0.15, -0.1) is 0 Å². The number of hydrogen-bond donors (Lipinski definition) is 2. The molecule has 4 aromatic rings. The van der Waals surface area contributed by atoms with E-state index in [1.807, 2.05) is 25.7 Å². The van der Waals surface area contributed by atoms with Gasteiger partial charge in [0, 0.05) is 49.0 Å². The van der Waals surface area contributed by atoms with Crippen molar-refractivity contribution in [1.29, 1.82) is 0 Å². The Kier molecular flexibility index (Phi) is 8.61. The molecule has 1 fully saturated rings. The van der Waals surface area contributed by atoms with Crippen molar-refractivity contribution in [3.63, 3.8) is 0 Å². The van der Waals surface area contributed by atoms with Gasteiger partial charge in [-0.2, -0.15) is 4.98 Å². The lowest BCUT2D eigenvalue weighted by atomic mass is 9.96. The highest BCUT2D eigenvalue weighted by Gasteiger charge is 2.39. The SMILES string of the molecule is C=CC(=O)N1CC2CCNc3c(Cl)c(-c4c(N)c(Cl)cc(Cl)c4F)c(F)c4c3c(nc(=O)n4-c3c(C)ccnc3C(C)C)N2CC1C. The second-order valence-corrected chi connectivity index (χ2v) is 13.4. The van der Waals surface area contributed by atoms with Crippen molar-refractivity contribution in [3.8, 4) is 16.8 Å². The third kappa shape index (κ3) is 5.19. The predicted molar refractivity (Wildman–Crippen MR) is 184 cm³/mol. The van der Waals surface area contributed by atoms with Gasteiger partial charge in [0.2, 0.25) is 5.91 Å². The van der Waals surface area contributed by atoms with Crippen molar-refractivity contribution in [1.82, 2.24) is 19.4 Å². The third-order valence-electron chi connectivity index (χ3n) is 8.93. The number of nitrogens with two attached hydrogens (primary N) is 1. The Balaban J connectivity index is 1.80. The Bertz CT molecular complexity index is 2030. The zero-order valence-corrected chi connectivity index (χ0v) is 28.4. The number of carbonyl (C=O) groups excluding carboxylic acids is 1. The molecule has 47 heavy (non-hydrogen) atoms. The summed E-state index contributed by atoms with van der Waals surface area (Å²) in [4.78, 5) is 39.8. The Morgan fingerprint density at radius 2 is 1.89 bits per heavy atom. The van der Waals surface area contributed by atoms with Crippen LogP contribution in [0.1, 0.15) is 44.4 Å². The van der Waals surface area contributed by atoms with E-state index in [0.29, 0.717) is 43.0 Å². The molecule has 246 valence electrons. The van der Waals surface area contributed by atoms with Crippen molar-refractivity contribution >= 4 is 68.8 Å². The molecule has 2 aromatic heterocycles. The maximum absolute atomic E-state index is 17.6. The second-order valence-electron chi connectivity index (χ2n) is 12.2. The van der Waals surface area contributed by atoms with Crippen LogP contribution in [0.25, 0.3) is 27.7 Å². The molecule has 2 unspecified atom stereocenters. The van der Waals surface area contributed by atoms with Crippen LogP contribution in [0.5, 0.6) is 0 Å². The molecule has 14 heteroatoms. The summed E-state index contributed by atoms with van der Waals surface area (Å²) in [6.07, 6.45) is 3.39. The third-order valence-corrected chi connectivity index (χ3v) is 9.89. The van der Waals surface area contributed by atoms with Gasteiger partial charge in [-0.05, 0) is 50.0 Å². The summed E-state index contributed by atoms with van der Waals surface area (Å²) in [5.41, 5.74) is 5.90. The average Bonchev–Trinajstić information content (AvgIpc) is 3.02. The predicted octanol–water partition coefficient (Wildman–Crippen LogP) is 7.11. The summed E-state index contributed by atoms with van der Waals surface area (Å²) < 4.78 is 34.6. The molecule has 0 aliphatic carbocycles. The normalized spacial score (nSPS) is 17.7. The molecule has 2 aromatic carbocycles. The minimum absolute atomic E-state index is 0.0978. The minimum atomic E-state index is -1.02. The fourth-order valence-corrected chi connectivity index (χ4v) is 7.47. The fraction of sp³-hybridized carbons (Fsp3) is 0.333. The van der Waals surface area contributed by atoms with Gasteiger partial charge < -0.3 is 20.9 Å². The number of amides is 1. The van der Waals surface area contributed by atoms with Crippen LogP contribution < -0.4 is 21.6 Å². The highest BCUT2D eigenvalue weighted by molar-refractivity contribution is 6.40. The van der Waals surface area contributed by atoms with E-state index in [1.165, 1.54) is 10.6 Å². The average molecular weight is 703 g/mol. The highest BCUT2D eigenvalue weighted by atomic mass is 35.5. The van der Waals surface area contributed by atoms with Crippen LogP contribution in [0.2, 0.25) is 15.1 Å². The van der Waals surface area contributed by atoms with E-state index in [0.717, 1.165) is 6.07 Å². The van der Waals surface area contributed by atoms with Crippen LogP contribution in [0, 0.1) is 18.6 Å². The monoisotopic (exact) mass is 701 g/mol. The van der Waals surface area contributed by atoms with Crippen molar-refractivity contribution in [2.45, 2.75) is 52.1 Å². The Morgan fingerprint density at radius 1 is 1.17 bits per heavy atom. The van der Waals surface area contributed by atoms with Gasteiger partial charge in [-0.1, -0.05) is 55.2 Å². The summed E-state index contributed by atoms with van der Waals surface area (Å²) in [6.45, 7) is 12.1.